The molecule has 0 saturated heterocycles. The van der Waals surface area contributed by atoms with Crippen LogP contribution in [0.15, 0.2) is 24.3 Å². The van der Waals surface area contributed by atoms with Gasteiger partial charge in [0.15, 0.2) is 17.3 Å². The van der Waals surface area contributed by atoms with E-state index in [4.69, 9.17) is 5.73 Å². The van der Waals surface area contributed by atoms with E-state index in [2.05, 4.69) is 15.1 Å². The second kappa shape index (κ2) is 6.02. The van der Waals surface area contributed by atoms with E-state index in [-0.39, 0.29) is 17.6 Å². The summed E-state index contributed by atoms with van der Waals surface area (Å²) in [5, 5.41) is 15.0. The van der Waals surface area contributed by atoms with Gasteiger partial charge in [-0.05, 0) is 51.7 Å². The smallest absolute Gasteiger partial charge is 0.198 e. The SMILES string of the molecule is Cc1c(-c2cccc(F)c2)nc(N)c2nc([C@@H]3CCC[C@@](C)(O)C3)nn12. The lowest BCUT2D eigenvalue weighted by atomic mass is 9.79. The number of nitrogen functional groups attached to an aromatic ring is 1. The van der Waals surface area contributed by atoms with Crippen molar-refractivity contribution in [3.63, 3.8) is 0 Å². The maximum atomic E-state index is 13.6. The largest absolute Gasteiger partial charge is 0.390 e. The van der Waals surface area contributed by atoms with Gasteiger partial charge >= 0.3 is 0 Å². The summed E-state index contributed by atoms with van der Waals surface area (Å²) in [4.78, 5) is 9.03. The fraction of sp³-hybridized carbons (Fsp3) is 0.421. The number of halogens is 1. The Kier molecular flexibility index (Phi) is 3.91. The highest BCUT2D eigenvalue weighted by molar-refractivity contribution is 5.69. The van der Waals surface area contributed by atoms with Crippen molar-refractivity contribution in [3.05, 3.63) is 41.6 Å². The van der Waals surface area contributed by atoms with Gasteiger partial charge in [0.2, 0.25) is 0 Å². The molecule has 0 spiro atoms. The number of aromatic nitrogens is 4. The van der Waals surface area contributed by atoms with Crippen molar-refractivity contribution in [2.24, 2.45) is 0 Å². The Labute approximate surface area is 150 Å². The summed E-state index contributed by atoms with van der Waals surface area (Å²) in [6, 6.07) is 6.25. The molecule has 1 fully saturated rings. The van der Waals surface area contributed by atoms with Crippen LogP contribution in [0.1, 0.15) is 50.0 Å². The van der Waals surface area contributed by atoms with Gasteiger partial charge in [0.1, 0.15) is 5.82 Å². The number of nitrogens with zero attached hydrogens (tertiary/aromatic N) is 4. The molecule has 1 aliphatic rings. The van der Waals surface area contributed by atoms with Crippen LogP contribution in [0, 0.1) is 12.7 Å². The molecule has 0 bridgehead atoms. The molecule has 136 valence electrons. The zero-order valence-electron chi connectivity index (χ0n) is 14.9. The molecule has 2 heterocycles. The van der Waals surface area contributed by atoms with Crippen molar-refractivity contribution >= 4 is 11.5 Å². The molecule has 26 heavy (non-hydrogen) atoms. The molecule has 0 aliphatic heterocycles. The molecule has 0 unspecified atom stereocenters. The monoisotopic (exact) mass is 355 g/mol. The zero-order chi connectivity index (χ0) is 18.5. The summed E-state index contributed by atoms with van der Waals surface area (Å²) < 4.78 is 15.3. The predicted molar refractivity (Wildman–Crippen MR) is 97.2 cm³/mol. The third-order valence-electron chi connectivity index (χ3n) is 5.16. The number of fused-ring (bicyclic) bond motifs is 1. The van der Waals surface area contributed by atoms with Crippen molar-refractivity contribution in [1.29, 1.82) is 0 Å². The number of aliphatic hydroxyl groups is 1. The Balaban J connectivity index is 1.81. The Morgan fingerprint density at radius 3 is 2.88 bits per heavy atom. The molecule has 4 rings (SSSR count). The normalized spacial score (nSPS) is 23.5. The third-order valence-corrected chi connectivity index (χ3v) is 5.16. The highest BCUT2D eigenvalue weighted by Gasteiger charge is 2.33. The quantitative estimate of drug-likeness (QED) is 0.737. The zero-order valence-corrected chi connectivity index (χ0v) is 14.9. The highest BCUT2D eigenvalue weighted by Crippen LogP contribution is 2.37. The number of nitrogens with two attached hydrogens (primary N) is 1. The van der Waals surface area contributed by atoms with Crippen molar-refractivity contribution in [2.75, 3.05) is 5.73 Å². The van der Waals surface area contributed by atoms with Crippen molar-refractivity contribution in [1.82, 2.24) is 19.6 Å². The minimum absolute atomic E-state index is 0.0927. The lowest BCUT2D eigenvalue weighted by Crippen LogP contribution is -2.31. The summed E-state index contributed by atoms with van der Waals surface area (Å²) in [5.41, 5.74) is 7.92. The second-order valence-corrected chi connectivity index (χ2v) is 7.44. The first kappa shape index (κ1) is 16.9. The van der Waals surface area contributed by atoms with Crippen LogP contribution in [-0.4, -0.2) is 30.3 Å². The highest BCUT2D eigenvalue weighted by atomic mass is 19.1. The average Bonchev–Trinajstić information content (AvgIpc) is 3.03. The minimum atomic E-state index is -0.689. The molecule has 7 heteroatoms. The maximum Gasteiger partial charge on any atom is 0.198 e. The Hall–Kier alpha value is -2.54. The van der Waals surface area contributed by atoms with Gasteiger partial charge in [-0.15, -0.1) is 0 Å². The average molecular weight is 355 g/mol. The maximum absolute atomic E-state index is 13.6. The Morgan fingerprint density at radius 2 is 2.15 bits per heavy atom. The van der Waals surface area contributed by atoms with Gasteiger partial charge in [-0.3, -0.25) is 0 Å². The number of hydrogen-bond donors (Lipinski definition) is 2. The van der Waals surface area contributed by atoms with Gasteiger partial charge in [0.05, 0.1) is 17.0 Å². The van der Waals surface area contributed by atoms with Crippen LogP contribution in [0.4, 0.5) is 10.2 Å². The van der Waals surface area contributed by atoms with E-state index in [1.165, 1.54) is 12.1 Å². The van der Waals surface area contributed by atoms with E-state index in [0.717, 1.165) is 25.0 Å². The number of anilines is 1. The molecule has 3 aromatic rings. The van der Waals surface area contributed by atoms with E-state index in [1.807, 2.05) is 13.8 Å². The predicted octanol–water partition coefficient (Wildman–Crippen LogP) is 3.23. The lowest BCUT2D eigenvalue weighted by Gasteiger charge is -2.32. The van der Waals surface area contributed by atoms with E-state index in [1.54, 1.807) is 16.6 Å². The first-order valence-corrected chi connectivity index (χ1v) is 8.85. The van der Waals surface area contributed by atoms with Crippen LogP contribution in [0.25, 0.3) is 16.9 Å². The number of rotatable bonds is 2. The standard InChI is InChI=1S/C19H22FN5O/c1-11-15(12-5-3-7-14(20)9-12)22-16(21)18-23-17(24-25(11)18)13-6-4-8-19(2,26)10-13/h3,5,7,9,13,26H,4,6,8,10H2,1-2H3,(H2,21,22)/t13-,19-/m1/s1. The fourth-order valence-electron chi connectivity index (χ4n) is 3.85. The van der Waals surface area contributed by atoms with Crippen molar-refractivity contribution in [3.8, 4) is 11.3 Å². The summed E-state index contributed by atoms with van der Waals surface area (Å²) in [5.74, 6) is 0.704. The van der Waals surface area contributed by atoms with Crippen LogP contribution in [-0.2, 0) is 0 Å². The molecule has 2 atom stereocenters. The first-order chi connectivity index (χ1) is 12.3. The second-order valence-electron chi connectivity index (χ2n) is 7.44. The Morgan fingerprint density at radius 1 is 1.35 bits per heavy atom. The van der Waals surface area contributed by atoms with Gasteiger partial charge in [-0.1, -0.05) is 12.1 Å². The molecule has 0 radical (unpaired) electrons. The number of benzene rings is 1. The van der Waals surface area contributed by atoms with Crippen LogP contribution >= 0.6 is 0 Å². The van der Waals surface area contributed by atoms with Gasteiger partial charge in [-0.25, -0.2) is 18.9 Å². The summed E-state index contributed by atoms with van der Waals surface area (Å²) in [6.07, 6.45) is 3.31. The molecule has 6 nitrogen and oxygen atoms in total. The van der Waals surface area contributed by atoms with Gasteiger partial charge in [-0.2, -0.15) is 5.10 Å². The Bertz CT molecular complexity index is 981. The van der Waals surface area contributed by atoms with Gasteiger partial charge in [0, 0.05) is 11.5 Å². The summed E-state index contributed by atoms with van der Waals surface area (Å²) in [7, 11) is 0. The molecule has 1 saturated carbocycles. The van der Waals surface area contributed by atoms with Crippen LogP contribution < -0.4 is 5.73 Å². The van der Waals surface area contributed by atoms with E-state index < -0.39 is 5.60 Å². The number of hydrogen-bond acceptors (Lipinski definition) is 5. The summed E-state index contributed by atoms with van der Waals surface area (Å²) >= 11 is 0. The molecule has 3 N–H and O–H groups in total. The van der Waals surface area contributed by atoms with Crippen LogP contribution in [0.2, 0.25) is 0 Å². The topological polar surface area (TPSA) is 89.3 Å². The van der Waals surface area contributed by atoms with Crippen LogP contribution in [0.5, 0.6) is 0 Å². The van der Waals surface area contributed by atoms with E-state index in [9.17, 15) is 9.50 Å². The minimum Gasteiger partial charge on any atom is -0.390 e. The fourth-order valence-corrected chi connectivity index (χ4v) is 3.85. The molecule has 2 aromatic heterocycles. The van der Waals surface area contributed by atoms with E-state index in [0.29, 0.717) is 29.1 Å². The van der Waals surface area contributed by atoms with Crippen LogP contribution in [0.3, 0.4) is 0 Å². The van der Waals surface area contributed by atoms with Crippen molar-refractivity contribution in [2.45, 2.75) is 51.0 Å². The summed E-state index contributed by atoms with van der Waals surface area (Å²) in [6.45, 7) is 3.73. The molecular formula is C19H22FN5O. The van der Waals surface area contributed by atoms with Gasteiger partial charge < -0.3 is 10.8 Å². The number of aryl methyl sites for hydroxylation is 1. The lowest BCUT2D eigenvalue weighted by molar-refractivity contribution is 0.0134. The molecular weight excluding hydrogens is 333 g/mol. The molecule has 1 aliphatic carbocycles. The first-order valence-electron chi connectivity index (χ1n) is 8.85. The van der Waals surface area contributed by atoms with Gasteiger partial charge in [0.25, 0.3) is 0 Å². The molecule has 1 aromatic carbocycles. The molecule has 0 amide bonds. The van der Waals surface area contributed by atoms with E-state index >= 15 is 0 Å². The third kappa shape index (κ3) is 2.92. The van der Waals surface area contributed by atoms with Crippen molar-refractivity contribution < 1.29 is 9.50 Å².